The first kappa shape index (κ1) is 14.9. The van der Waals surface area contributed by atoms with Crippen molar-refractivity contribution >= 4 is 5.91 Å². The lowest BCUT2D eigenvalue weighted by molar-refractivity contribution is -0.128. The van der Waals surface area contributed by atoms with Gasteiger partial charge in [0.1, 0.15) is 11.9 Å². The average molecular weight is 279 g/mol. The summed E-state index contributed by atoms with van der Waals surface area (Å²) in [6.07, 6.45) is 0. The highest BCUT2D eigenvalue weighted by Crippen LogP contribution is 2.25. The monoisotopic (exact) mass is 279 g/mol. The topological polar surface area (TPSA) is 44.4 Å². The van der Waals surface area contributed by atoms with Gasteiger partial charge in [-0.1, -0.05) is 18.2 Å². The van der Waals surface area contributed by atoms with Crippen LogP contribution in [0.4, 0.5) is 4.39 Å². The molecule has 20 heavy (non-hydrogen) atoms. The fourth-order valence-corrected chi connectivity index (χ4v) is 2.71. The van der Waals surface area contributed by atoms with E-state index in [0.29, 0.717) is 18.7 Å². The molecule has 2 unspecified atom stereocenters. The molecular formula is C15H22FN3O. The normalized spacial score (nSPS) is 21.4. The average Bonchev–Trinajstić information content (AvgIpc) is 2.47. The van der Waals surface area contributed by atoms with E-state index < -0.39 is 0 Å². The van der Waals surface area contributed by atoms with Gasteiger partial charge in [0.15, 0.2) is 0 Å². The first-order chi connectivity index (χ1) is 9.65. The standard InChI is InChI=1S/C15H22FN3O/c1-3-18-15(20)14-10-17-8-9-19(14)11(2)12-6-4-5-7-13(12)16/h4-7,11,14,17H,3,8-10H2,1-2H3,(H,18,20). The third-order valence-electron chi connectivity index (χ3n) is 3.79. The Kier molecular flexibility index (Phi) is 5.09. The van der Waals surface area contributed by atoms with Crippen LogP contribution < -0.4 is 10.6 Å². The van der Waals surface area contributed by atoms with Crippen molar-refractivity contribution in [1.29, 1.82) is 0 Å². The molecule has 5 heteroatoms. The van der Waals surface area contributed by atoms with Crippen molar-refractivity contribution in [2.45, 2.75) is 25.9 Å². The maximum absolute atomic E-state index is 13.9. The van der Waals surface area contributed by atoms with Crippen LogP contribution in [0, 0.1) is 5.82 Å². The van der Waals surface area contributed by atoms with Crippen molar-refractivity contribution < 1.29 is 9.18 Å². The minimum Gasteiger partial charge on any atom is -0.355 e. The van der Waals surface area contributed by atoms with Gasteiger partial charge in [-0.05, 0) is 19.9 Å². The van der Waals surface area contributed by atoms with Gasteiger partial charge in [0.2, 0.25) is 5.91 Å². The lowest BCUT2D eigenvalue weighted by atomic mass is 10.0. The van der Waals surface area contributed by atoms with Gasteiger partial charge >= 0.3 is 0 Å². The quantitative estimate of drug-likeness (QED) is 0.873. The molecule has 0 bridgehead atoms. The van der Waals surface area contributed by atoms with E-state index in [1.807, 2.05) is 19.9 Å². The second-order valence-corrected chi connectivity index (χ2v) is 5.05. The Labute approximate surface area is 119 Å². The molecule has 1 aliphatic heterocycles. The van der Waals surface area contributed by atoms with Gasteiger partial charge < -0.3 is 10.6 Å². The van der Waals surface area contributed by atoms with Crippen molar-refractivity contribution in [1.82, 2.24) is 15.5 Å². The Hall–Kier alpha value is -1.46. The molecule has 1 amide bonds. The second kappa shape index (κ2) is 6.81. The van der Waals surface area contributed by atoms with Crippen LogP contribution in [0.1, 0.15) is 25.5 Å². The van der Waals surface area contributed by atoms with E-state index in [2.05, 4.69) is 15.5 Å². The molecule has 2 rings (SSSR count). The predicted molar refractivity (Wildman–Crippen MR) is 76.9 cm³/mol. The van der Waals surface area contributed by atoms with E-state index in [0.717, 1.165) is 13.1 Å². The molecule has 0 spiro atoms. The van der Waals surface area contributed by atoms with Gasteiger partial charge in [-0.3, -0.25) is 9.69 Å². The number of hydrogen-bond donors (Lipinski definition) is 2. The Morgan fingerprint density at radius 1 is 1.55 bits per heavy atom. The highest BCUT2D eigenvalue weighted by Gasteiger charge is 2.32. The smallest absolute Gasteiger partial charge is 0.238 e. The fourth-order valence-electron chi connectivity index (χ4n) is 2.71. The SMILES string of the molecule is CCNC(=O)C1CNCCN1C(C)c1ccccc1F. The first-order valence-electron chi connectivity index (χ1n) is 7.13. The van der Waals surface area contributed by atoms with Gasteiger partial charge in [0.05, 0.1) is 0 Å². The number of piperazine rings is 1. The van der Waals surface area contributed by atoms with Crippen LogP contribution in [0.3, 0.4) is 0 Å². The van der Waals surface area contributed by atoms with Crippen LogP contribution in [0.2, 0.25) is 0 Å². The number of amides is 1. The number of carbonyl (C=O) groups excluding carboxylic acids is 1. The Bertz CT molecular complexity index is 466. The molecule has 0 aliphatic carbocycles. The molecule has 0 aromatic heterocycles. The van der Waals surface area contributed by atoms with E-state index in [4.69, 9.17) is 0 Å². The zero-order valence-electron chi connectivity index (χ0n) is 12.0. The Balaban J connectivity index is 2.19. The van der Waals surface area contributed by atoms with Gasteiger partial charge in [0.25, 0.3) is 0 Å². The molecule has 1 fully saturated rings. The number of nitrogens with zero attached hydrogens (tertiary/aromatic N) is 1. The zero-order chi connectivity index (χ0) is 14.5. The van der Waals surface area contributed by atoms with E-state index in [1.165, 1.54) is 6.07 Å². The maximum atomic E-state index is 13.9. The highest BCUT2D eigenvalue weighted by atomic mass is 19.1. The van der Waals surface area contributed by atoms with E-state index in [1.54, 1.807) is 12.1 Å². The molecule has 110 valence electrons. The molecule has 2 atom stereocenters. The molecule has 2 N–H and O–H groups in total. The molecule has 1 aliphatic rings. The van der Waals surface area contributed by atoms with Gasteiger partial charge in [-0.25, -0.2) is 4.39 Å². The predicted octanol–water partition coefficient (Wildman–Crippen LogP) is 1.30. The Morgan fingerprint density at radius 3 is 3.00 bits per heavy atom. The first-order valence-corrected chi connectivity index (χ1v) is 7.13. The number of hydrogen-bond acceptors (Lipinski definition) is 3. The molecule has 1 heterocycles. The van der Waals surface area contributed by atoms with Crippen molar-refractivity contribution in [3.8, 4) is 0 Å². The number of benzene rings is 1. The minimum atomic E-state index is -0.252. The second-order valence-electron chi connectivity index (χ2n) is 5.05. The van der Waals surface area contributed by atoms with Crippen LogP contribution in [0.15, 0.2) is 24.3 Å². The number of rotatable bonds is 4. The van der Waals surface area contributed by atoms with Crippen molar-refractivity contribution in [3.05, 3.63) is 35.6 Å². The summed E-state index contributed by atoms with van der Waals surface area (Å²) in [4.78, 5) is 14.2. The number of nitrogens with one attached hydrogen (secondary N) is 2. The van der Waals surface area contributed by atoms with Crippen LogP contribution in [0.25, 0.3) is 0 Å². The van der Waals surface area contributed by atoms with E-state index in [-0.39, 0.29) is 23.8 Å². The van der Waals surface area contributed by atoms with Crippen LogP contribution in [0.5, 0.6) is 0 Å². The number of carbonyl (C=O) groups is 1. The molecule has 1 aromatic rings. The third kappa shape index (κ3) is 3.16. The summed E-state index contributed by atoms with van der Waals surface area (Å²) in [5.41, 5.74) is 0.642. The fraction of sp³-hybridized carbons (Fsp3) is 0.533. The summed E-state index contributed by atoms with van der Waals surface area (Å²) in [6, 6.07) is 6.40. The molecule has 1 aromatic carbocycles. The lowest BCUT2D eigenvalue weighted by Crippen LogP contribution is -2.58. The molecule has 1 saturated heterocycles. The van der Waals surface area contributed by atoms with Crippen LogP contribution in [-0.2, 0) is 4.79 Å². The van der Waals surface area contributed by atoms with Crippen LogP contribution >= 0.6 is 0 Å². The lowest BCUT2D eigenvalue weighted by Gasteiger charge is -2.39. The molecule has 4 nitrogen and oxygen atoms in total. The highest BCUT2D eigenvalue weighted by molar-refractivity contribution is 5.82. The van der Waals surface area contributed by atoms with Crippen LogP contribution in [-0.4, -0.2) is 43.0 Å². The number of likely N-dealkylation sites (N-methyl/N-ethyl adjacent to an activating group) is 1. The summed E-state index contributed by atoms with van der Waals surface area (Å²) >= 11 is 0. The summed E-state index contributed by atoms with van der Waals surface area (Å²) < 4.78 is 13.9. The van der Waals surface area contributed by atoms with E-state index in [9.17, 15) is 9.18 Å². The third-order valence-corrected chi connectivity index (χ3v) is 3.79. The van der Waals surface area contributed by atoms with Crippen molar-refractivity contribution in [3.63, 3.8) is 0 Å². The summed E-state index contributed by atoms with van der Waals surface area (Å²) in [5, 5.41) is 6.08. The van der Waals surface area contributed by atoms with Gasteiger partial charge in [-0.15, -0.1) is 0 Å². The molecule has 0 radical (unpaired) electrons. The van der Waals surface area contributed by atoms with Crippen molar-refractivity contribution in [2.75, 3.05) is 26.2 Å². The number of halogens is 1. The van der Waals surface area contributed by atoms with Gasteiger partial charge in [-0.2, -0.15) is 0 Å². The largest absolute Gasteiger partial charge is 0.355 e. The van der Waals surface area contributed by atoms with E-state index >= 15 is 0 Å². The van der Waals surface area contributed by atoms with Gasteiger partial charge in [0, 0.05) is 37.8 Å². The van der Waals surface area contributed by atoms with Crippen molar-refractivity contribution in [2.24, 2.45) is 0 Å². The maximum Gasteiger partial charge on any atom is 0.238 e. The summed E-state index contributed by atoms with van der Waals surface area (Å²) in [7, 11) is 0. The zero-order valence-corrected chi connectivity index (χ0v) is 12.0. The molecular weight excluding hydrogens is 257 g/mol. The minimum absolute atomic E-state index is 0.00268. The summed E-state index contributed by atoms with van der Waals surface area (Å²) in [6.45, 7) is 6.61. The summed E-state index contributed by atoms with van der Waals surface area (Å²) in [5.74, 6) is -0.212. The Morgan fingerprint density at radius 2 is 2.30 bits per heavy atom. The molecule has 0 saturated carbocycles.